The molecule has 0 saturated heterocycles. The van der Waals surface area contributed by atoms with Crippen molar-refractivity contribution in [3.05, 3.63) is 53.4 Å². The zero-order chi connectivity index (χ0) is 17.7. The van der Waals surface area contributed by atoms with Gasteiger partial charge in [-0.15, -0.1) is 0 Å². The Balaban J connectivity index is 2.19. The number of rotatable bonds is 7. The summed E-state index contributed by atoms with van der Waals surface area (Å²) in [7, 11) is 0. The number of nitrogens with one attached hydrogen (secondary N) is 1. The Morgan fingerprint density at radius 2 is 1.96 bits per heavy atom. The van der Waals surface area contributed by atoms with Crippen molar-refractivity contribution in [1.29, 1.82) is 0 Å². The van der Waals surface area contributed by atoms with Crippen molar-refractivity contribution in [2.24, 2.45) is 0 Å². The molecule has 1 unspecified atom stereocenters. The standard InChI is InChI=1S/C18H22N2O4/c1-4-18(17(22)23,13-8-6-5-7-9-13)11-19-16(21)14-10-15(12(2)3)24-20-14/h5-10,12H,4,11H2,1-3H3,(H,19,21)(H,22,23). The number of carbonyl (C=O) groups is 2. The van der Waals surface area contributed by atoms with Crippen molar-refractivity contribution in [2.45, 2.75) is 38.5 Å². The number of carboxylic acids is 1. The summed E-state index contributed by atoms with van der Waals surface area (Å²) in [5, 5.41) is 16.2. The Morgan fingerprint density at radius 1 is 1.29 bits per heavy atom. The van der Waals surface area contributed by atoms with Crippen LogP contribution in [-0.4, -0.2) is 28.7 Å². The molecule has 24 heavy (non-hydrogen) atoms. The normalized spacial score (nSPS) is 13.5. The Kier molecular flexibility index (Phi) is 5.39. The molecule has 1 heterocycles. The van der Waals surface area contributed by atoms with Crippen LogP contribution in [0.15, 0.2) is 40.9 Å². The molecule has 6 heteroatoms. The molecule has 0 fully saturated rings. The predicted octanol–water partition coefficient (Wildman–Crippen LogP) is 2.96. The smallest absolute Gasteiger partial charge is 0.315 e. The van der Waals surface area contributed by atoms with Crippen LogP contribution in [0.5, 0.6) is 0 Å². The van der Waals surface area contributed by atoms with Crippen molar-refractivity contribution >= 4 is 11.9 Å². The summed E-state index contributed by atoms with van der Waals surface area (Å²) in [4.78, 5) is 24.2. The highest BCUT2D eigenvalue weighted by Gasteiger charge is 2.39. The van der Waals surface area contributed by atoms with Crippen molar-refractivity contribution in [2.75, 3.05) is 6.54 Å². The highest BCUT2D eigenvalue weighted by atomic mass is 16.5. The summed E-state index contributed by atoms with van der Waals surface area (Å²) >= 11 is 0. The van der Waals surface area contributed by atoms with E-state index in [4.69, 9.17) is 4.52 Å². The molecule has 1 aromatic heterocycles. The molecule has 0 aliphatic rings. The molecule has 0 aliphatic carbocycles. The van der Waals surface area contributed by atoms with Crippen LogP contribution in [0, 0.1) is 0 Å². The molecule has 0 aliphatic heterocycles. The monoisotopic (exact) mass is 330 g/mol. The minimum Gasteiger partial charge on any atom is -0.481 e. The molecule has 0 radical (unpaired) electrons. The van der Waals surface area contributed by atoms with Gasteiger partial charge >= 0.3 is 5.97 Å². The van der Waals surface area contributed by atoms with E-state index >= 15 is 0 Å². The maximum atomic E-state index is 12.3. The second kappa shape index (κ2) is 7.29. The molecular formula is C18H22N2O4. The van der Waals surface area contributed by atoms with Crippen LogP contribution in [0.3, 0.4) is 0 Å². The van der Waals surface area contributed by atoms with E-state index in [1.54, 1.807) is 37.3 Å². The van der Waals surface area contributed by atoms with E-state index in [-0.39, 0.29) is 18.2 Å². The molecule has 2 N–H and O–H groups in total. The first-order valence-electron chi connectivity index (χ1n) is 7.94. The Morgan fingerprint density at radius 3 is 2.46 bits per heavy atom. The predicted molar refractivity (Wildman–Crippen MR) is 89.0 cm³/mol. The summed E-state index contributed by atoms with van der Waals surface area (Å²) in [5.74, 6) is -0.680. The SMILES string of the molecule is CCC(CNC(=O)c1cc(C(C)C)on1)(C(=O)O)c1ccccc1. The summed E-state index contributed by atoms with van der Waals surface area (Å²) in [6.07, 6.45) is 0.350. The van der Waals surface area contributed by atoms with E-state index in [1.165, 1.54) is 0 Å². The van der Waals surface area contributed by atoms with Crippen LogP contribution in [0.1, 0.15) is 54.9 Å². The number of aliphatic carboxylic acids is 1. The highest BCUT2D eigenvalue weighted by molar-refractivity contribution is 5.93. The van der Waals surface area contributed by atoms with Gasteiger partial charge in [-0.1, -0.05) is 56.3 Å². The van der Waals surface area contributed by atoms with E-state index in [0.29, 0.717) is 17.7 Å². The molecular weight excluding hydrogens is 308 g/mol. The fraction of sp³-hybridized carbons (Fsp3) is 0.389. The Bertz CT molecular complexity index is 709. The van der Waals surface area contributed by atoms with Gasteiger partial charge in [-0.05, 0) is 12.0 Å². The van der Waals surface area contributed by atoms with Crippen LogP contribution in [0.2, 0.25) is 0 Å². The molecule has 1 aromatic carbocycles. The molecule has 0 bridgehead atoms. The lowest BCUT2D eigenvalue weighted by Gasteiger charge is -2.28. The second-order valence-corrected chi connectivity index (χ2v) is 6.06. The van der Waals surface area contributed by atoms with E-state index in [9.17, 15) is 14.7 Å². The fourth-order valence-corrected chi connectivity index (χ4v) is 2.53. The van der Waals surface area contributed by atoms with Gasteiger partial charge in [0.2, 0.25) is 0 Å². The largest absolute Gasteiger partial charge is 0.481 e. The van der Waals surface area contributed by atoms with Gasteiger partial charge in [0.05, 0.1) is 0 Å². The van der Waals surface area contributed by atoms with Gasteiger partial charge < -0.3 is 14.9 Å². The summed E-state index contributed by atoms with van der Waals surface area (Å²) in [6.45, 7) is 5.64. The minimum absolute atomic E-state index is 0.0223. The Hall–Kier alpha value is -2.63. The van der Waals surface area contributed by atoms with Gasteiger partial charge in [-0.25, -0.2) is 0 Å². The highest BCUT2D eigenvalue weighted by Crippen LogP contribution is 2.28. The quantitative estimate of drug-likeness (QED) is 0.814. The van der Waals surface area contributed by atoms with Gasteiger partial charge in [-0.2, -0.15) is 0 Å². The van der Waals surface area contributed by atoms with Crippen molar-refractivity contribution < 1.29 is 19.2 Å². The number of benzene rings is 1. The van der Waals surface area contributed by atoms with Crippen LogP contribution in [0.25, 0.3) is 0 Å². The van der Waals surface area contributed by atoms with E-state index in [0.717, 1.165) is 0 Å². The van der Waals surface area contributed by atoms with Gasteiger partial charge in [0.15, 0.2) is 5.69 Å². The first-order valence-corrected chi connectivity index (χ1v) is 7.94. The number of amides is 1. The average molecular weight is 330 g/mol. The number of nitrogens with zero attached hydrogens (tertiary/aromatic N) is 1. The van der Waals surface area contributed by atoms with Crippen LogP contribution < -0.4 is 5.32 Å². The second-order valence-electron chi connectivity index (χ2n) is 6.06. The minimum atomic E-state index is -1.18. The third kappa shape index (κ3) is 3.48. The maximum absolute atomic E-state index is 12.3. The van der Waals surface area contributed by atoms with Crippen LogP contribution in [0.4, 0.5) is 0 Å². The first-order chi connectivity index (χ1) is 11.4. The van der Waals surface area contributed by atoms with Crippen molar-refractivity contribution in [3.63, 3.8) is 0 Å². The topological polar surface area (TPSA) is 92.4 Å². The number of aromatic nitrogens is 1. The van der Waals surface area contributed by atoms with Crippen LogP contribution >= 0.6 is 0 Å². The lowest BCUT2D eigenvalue weighted by atomic mass is 9.78. The van der Waals surface area contributed by atoms with Crippen molar-refractivity contribution in [1.82, 2.24) is 10.5 Å². The van der Waals surface area contributed by atoms with Crippen molar-refractivity contribution in [3.8, 4) is 0 Å². The zero-order valence-corrected chi connectivity index (χ0v) is 14.1. The van der Waals surface area contributed by atoms with Gasteiger partial charge in [0, 0.05) is 18.5 Å². The molecule has 0 saturated carbocycles. The molecule has 0 spiro atoms. The number of hydrogen-bond donors (Lipinski definition) is 2. The molecule has 1 atom stereocenters. The van der Waals surface area contributed by atoms with Gasteiger partial charge in [0.25, 0.3) is 5.91 Å². The zero-order valence-electron chi connectivity index (χ0n) is 14.1. The first kappa shape index (κ1) is 17.7. The molecule has 6 nitrogen and oxygen atoms in total. The molecule has 2 rings (SSSR count). The summed E-state index contributed by atoms with van der Waals surface area (Å²) in [6, 6.07) is 10.5. The molecule has 1 amide bonds. The van der Waals surface area contributed by atoms with E-state index in [1.807, 2.05) is 19.9 Å². The summed E-state index contributed by atoms with van der Waals surface area (Å²) < 4.78 is 5.11. The third-order valence-electron chi connectivity index (χ3n) is 4.22. The third-order valence-corrected chi connectivity index (χ3v) is 4.22. The molecule has 2 aromatic rings. The Labute approximate surface area is 140 Å². The van der Waals surface area contributed by atoms with E-state index < -0.39 is 17.3 Å². The lowest BCUT2D eigenvalue weighted by molar-refractivity contribution is -0.143. The maximum Gasteiger partial charge on any atom is 0.315 e. The number of hydrogen-bond acceptors (Lipinski definition) is 4. The van der Waals surface area contributed by atoms with Crippen LogP contribution in [-0.2, 0) is 10.2 Å². The van der Waals surface area contributed by atoms with E-state index in [2.05, 4.69) is 10.5 Å². The number of carbonyl (C=O) groups excluding carboxylic acids is 1. The van der Waals surface area contributed by atoms with Gasteiger partial charge in [0.1, 0.15) is 11.2 Å². The summed E-state index contributed by atoms with van der Waals surface area (Å²) in [5.41, 5.74) is -0.368. The number of carboxylic acid groups (broad SMARTS) is 1. The lowest BCUT2D eigenvalue weighted by Crippen LogP contribution is -2.46. The van der Waals surface area contributed by atoms with Gasteiger partial charge in [-0.3, -0.25) is 9.59 Å². The molecule has 128 valence electrons. The average Bonchev–Trinajstić information content (AvgIpc) is 3.07. The fourth-order valence-electron chi connectivity index (χ4n) is 2.53.